The number of nitrogens with two attached hydrogens (primary N) is 1. The van der Waals surface area contributed by atoms with Crippen LogP contribution in [0.15, 0.2) is 24.3 Å². The highest BCUT2D eigenvalue weighted by Crippen LogP contribution is 2.50. The van der Waals surface area contributed by atoms with Gasteiger partial charge in [-0.3, -0.25) is 4.79 Å². The molecule has 1 heterocycles. The minimum atomic E-state index is -2.01. The van der Waals surface area contributed by atoms with Gasteiger partial charge in [0, 0.05) is 11.3 Å². The van der Waals surface area contributed by atoms with Gasteiger partial charge in [-0.1, -0.05) is 12.1 Å². The Morgan fingerprint density at radius 1 is 1.43 bits per heavy atom. The van der Waals surface area contributed by atoms with Crippen molar-refractivity contribution >= 4 is 17.6 Å². The van der Waals surface area contributed by atoms with Gasteiger partial charge in [0.2, 0.25) is 0 Å². The van der Waals surface area contributed by atoms with Gasteiger partial charge in [-0.15, -0.1) is 0 Å². The number of ether oxygens (including phenoxy) is 1. The van der Waals surface area contributed by atoms with E-state index < -0.39 is 47.6 Å². The molecule has 8 N–H and O–H groups in total. The molecular weight excluding hydrogens is 368 g/mol. The highest BCUT2D eigenvalue weighted by atomic mass is 16.6. The van der Waals surface area contributed by atoms with Crippen molar-refractivity contribution in [2.24, 2.45) is 5.73 Å². The molecule has 1 aliphatic heterocycles. The maximum Gasteiger partial charge on any atom is 0.408 e. The first-order valence-corrected chi connectivity index (χ1v) is 8.94. The molecule has 1 saturated heterocycles. The summed E-state index contributed by atoms with van der Waals surface area (Å²) in [6.45, 7) is 3.69. The minimum absolute atomic E-state index is 0.139. The smallest absolute Gasteiger partial charge is 0.408 e. The highest BCUT2D eigenvalue weighted by Gasteiger charge is 2.78. The van der Waals surface area contributed by atoms with Gasteiger partial charge >= 0.3 is 6.09 Å². The van der Waals surface area contributed by atoms with Crippen molar-refractivity contribution < 1.29 is 29.7 Å². The second kappa shape index (κ2) is 6.68. The van der Waals surface area contributed by atoms with Gasteiger partial charge in [-0.2, -0.15) is 5.48 Å². The Hall–Kier alpha value is -2.24. The van der Waals surface area contributed by atoms with Gasteiger partial charge in [0.15, 0.2) is 5.78 Å². The second-order valence-corrected chi connectivity index (χ2v) is 7.65. The zero-order chi connectivity index (χ0) is 20.9. The number of hydrogen-bond donors (Lipinski definition) is 7. The van der Waals surface area contributed by atoms with E-state index in [2.05, 4.69) is 16.1 Å². The van der Waals surface area contributed by atoms with Crippen LogP contribution in [0, 0.1) is 0 Å². The number of carbonyl (C=O) groups excluding carboxylic acids is 2. The number of amides is 1. The van der Waals surface area contributed by atoms with Crippen LogP contribution in [0.2, 0.25) is 0 Å². The molecule has 2 fully saturated rings. The Morgan fingerprint density at radius 2 is 2.11 bits per heavy atom. The molecule has 3 rings (SSSR count). The standard InChI is InChI=1S/C18H26N4O6/c1-9(24)11-5-4-6-12(7-11)20-14-13(19)18(10(2)28-15(25)21-18)16(3,22-27)17(14,26)8-23/h4-7,10,13-14,20,22-23,26-27H,8,19H2,1-3H3,(H,21,25)/t10-,13-,14-,16-,17+,18-/m0/s1. The molecule has 1 aliphatic carbocycles. The van der Waals surface area contributed by atoms with Crippen LogP contribution in [0.25, 0.3) is 0 Å². The Labute approximate surface area is 162 Å². The lowest BCUT2D eigenvalue weighted by Gasteiger charge is -2.47. The number of aliphatic hydroxyl groups is 2. The van der Waals surface area contributed by atoms with Crippen LogP contribution in [0.1, 0.15) is 31.1 Å². The predicted molar refractivity (Wildman–Crippen MR) is 99.0 cm³/mol. The number of Topliss-reactive ketones (excluding diaryl/α,β-unsaturated/α-hetero) is 1. The van der Waals surface area contributed by atoms with Gasteiger partial charge < -0.3 is 36.5 Å². The fourth-order valence-corrected chi connectivity index (χ4v) is 4.66. The summed E-state index contributed by atoms with van der Waals surface area (Å²) in [6.07, 6.45) is -1.57. The first-order valence-electron chi connectivity index (χ1n) is 8.94. The van der Waals surface area contributed by atoms with E-state index in [0.29, 0.717) is 11.3 Å². The Kier molecular flexibility index (Phi) is 4.89. The zero-order valence-corrected chi connectivity index (χ0v) is 15.9. The summed E-state index contributed by atoms with van der Waals surface area (Å²) in [5, 5.41) is 37.2. The van der Waals surface area contributed by atoms with Crippen molar-refractivity contribution in [1.29, 1.82) is 0 Å². The van der Waals surface area contributed by atoms with Crippen molar-refractivity contribution in [3.05, 3.63) is 29.8 Å². The lowest BCUT2D eigenvalue weighted by Crippen LogP contribution is -2.77. The molecule has 1 amide bonds. The van der Waals surface area contributed by atoms with Gasteiger partial charge in [-0.25, -0.2) is 4.79 Å². The Balaban J connectivity index is 2.10. The number of ketones is 1. The van der Waals surface area contributed by atoms with Crippen LogP contribution in [-0.4, -0.2) is 68.8 Å². The van der Waals surface area contributed by atoms with E-state index in [1.165, 1.54) is 13.8 Å². The van der Waals surface area contributed by atoms with Crippen molar-refractivity contribution in [2.75, 3.05) is 11.9 Å². The van der Waals surface area contributed by atoms with E-state index in [0.717, 1.165) is 0 Å². The van der Waals surface area contributed by atoms with Crippen molar-refractivity contribution in [3.8, 4) is 0 Å². The van der Waals surface area contributed by atoms with Crippen molar-refractivity contribution in [3.63, 3.8) is 0 Å². The van der Waals surface area contributed by atoms with E-state index in [9.17, 15) is 25.0 Å². The minimum Gasteiger partial charge on any atom is -0.444 e. The summed E-state index contributed by atoms with van der Waals surface area (Å²) in [4.78, 5) is 23.6. The fourth-order valence-electron chi connectivity index (χ4n) is 4.66. The number of nitrogens with one attached hydrogen (secondary N) is 3. The molecule has 0 radical (unpaired) electrons. The highest BCUT2D eigenvalue weighted by molar-refractivity contribution is 5.94. The number of alkyl carbamates (subject to hydrolysis) is 1. The summed E-state index contributed by atoms with van der Waals surface area (Å²) >= 11 is 0. The molecule has 0 unspecified atom stereocenters. The molecule has 28 heavy (non-hydrogen) atoms. The molecular formula is C18H26N4O6. The average molecular weight is 394 g/mol. The summed E-state index contributed by atoms with van der Waals surface area (Å²) < 4.78 is 5.21. The van der Waals surface area contributed by atoms with Crippen LogP contribution in [0.3, 0.4) is 0 Å². The normalized spacial score (nSPS) is 39.7. The van der Waals surface area contributed by atoms with Crippen LogP contribution in [0.4, 0.5) is 10.5 Å². The summed E-state index contributed by atoms with van der Waals surface area (Å²) in [5.74, 6) is -0.139. The lowest BCUT2D eigenvalue weighted by atomic mass is 9.71. The molecule has 6 atom stereocenters. The molecule has 0 bridgehead atoms. The number of anilines is 1. The van der Waals surface area contributed by atoms with E-state index in [1.54, 1.807) is 31.2 Å². The van der Waals surface area contributed by atoms with Crippen LogP contribution < -0.4 is 21.8 Å². The van der Waals surface area contributed by atoms with E-state index >= 15 is 0 Å². The molecule has 0 aromatic heterocycles. The summed E-state index contributed by atoms with van der Waals surface area (Å²) in [5.41, 5.74) is 4.35. The van der Waals surface area contributed by atoms with Crippen LogP contribution in [0.5, 0.6) is 0 Å². The largest absolute Gasteiger partial charge is 0.444 e. The number of hydrogen-bond acceptors (Lipinski definition) is 9. The van der Waals surface area contributed by atoms with E-state index in [1.807, 2.05) is 0 Å². The summed E-state index contributed by atoms with van der Waals surface area (Å²) in [6, 6.07) is 4.58. The number of rotatable bonds is 5. The molecule has 1 aromatic rings. The van der Waals surface area contributed by atoms with E-state index in [-0.39, 0.29) is 5.78 Å². The van der Waals surface area contributed by atoms with Gasteiger partial charge in [0.05, 0.1) is 18.7 Å². The van der Waals surface area contributed by atoms with E-state index in [4.69, 9.17) is 10.5 Å². The number of carbonyl (C=O) groups is 2. The maximum atomic E-state index is 11.9. The van der Waals surface area contributed by atoms with Gasteiger partial charge in [0.25, 0.3) is 0 Å². The molecule has 154 valence electrons. The molecule has 10 nitrogen and oxygen atoms in total. The third-order valence-electron chi connectivity index (χ3n) is 6.38. The second-order valence-electron chi connectivity index (χ2n) is 7.65. The number of hydroxylamine groups is 1. The Morgan fingerprint density at radius 3 is 2.61 bits per heavy atom. The number of cyclic esters (lactones) is 1. The van der Waals surface area contributed by atoms with Crippen molar-refractivity contribution in [2.45, 2.75) is 55.6 Å². The topological polar surface area (TPSA) is 166 Å². The summed E-state index contributed by atoms with van der Waals surface area (Å²) in [7, 11) is 0. The molecule has 2 aliphatic rings. The quantitative estimate of drug-likeness (QED) is 0.253. The lowest BCUT2D eigenvalue weighted by molar-refractivity contribution is -0.132. The fraction of sp³-hybridized carbons (Fsp3) is 0.556. The predicted octanol–water partition coefficient (Wildman–Crippen LogP) is -0.661. The average Bonchev–Trinajstić information content (AvgIpc) is 3.04. The molecule has 1 saturated carbocycles. The first-order chi connectivity index (χ1) is 13.1. The van der Waals surface area contributed by atoms with Gasteiger partial charge in [-0.05, 0) is 32.9 Å². The molecule has 10 heteroatoms. The zero-order valence-electron chi connectivity index (χ0n) is 15.9. The van der Waals surface area contributed by atoms with Gasteiger partial charge in [0.1, 0.15) is 22.8 Å². The van der Waals surface area contributed by atoms with Crippen molar-refractivity contribution in [1.82, 2.24) is 10.8 Å². The number of benzene rings is 1. The number of aliphatic hydroxyl groups excluding tert-OH is 1. The first kappa shape index (κ1) is 20.5. The SMILES string of the molecule is CC(=O)c1cccc(N[C@H]2[C@H](N)[C@]3(NC(=O)O[C@H]3C)[C@@](C)(NO)[C@@]2(O)CO)c1. The molecule has 1 spiro atoms. The third-order valence-corrected chi connectivity index (χ3v) is 6.38. The monoisotopic (exact) mass is 394 g/mol. The maximum absolute atomic E-state index is 11.9. The third kappa shape index (κ3) is 2.46. The Bertz CT molecular complexity index is 806. The van der Waals surface area contributed by atoms with Crippen LogP contribution >= 0.6 is 0 Å². The van der Waals surface area contributed by atoms with Crippen LogP contribution in [-0.2, 0) is 4.74 Å². The molecule has 1 aromatic carbocycles.